The molecule has 152 valence electrons. The number of nitrogens with one attached hydrogen (secondary N) is 2. The first kappa shape index (κ1) is 19.8. The van der Waals surface area contributed by atoms with Crippen molar-refractivity contribution in [2.24, 2.45) is 0 Å². The summed E-state index contributed by atoms with van der Waals surface area (Å²) in [5.41, 5.74) is 2.95. The van der Waals surface area contributed by atoms with E-state index in [4.69, 9.17) is 4.74 Å². The minimum Gasteiger partial charge on any atom is -0.465 e. The second-order valence-corrected chi connectivity index (χ2v) is 7.67. The van der Waals surface area contributed by atoms with Crippen LogP contribution in [0.1, 0.15) is 23.7 Å². The Morgan fingerprint density at radius 2 is 1.90 bits per heavy atom. The van der Waals surface area contributed by atoms with Gasteiger partial charge in [-0.05, 0) is 24.6 Å². The van der Waals surface area contributed by atoms with Gasteiger partial charge in [0.15, 0.2) is 5.65 Å². The molecular weight excluding hydrogens is 402 g/mol. The van der Waals surface area contributed by atoms with E-state index in [2.05, 4.69) is 25.5 Å². The molecule has 0 aliphatic heterocycles. The van der Waals surface area contributed by atoms with Gasteiger partial charge in [-0.2, -0.15) is 0 Å². The van der Waals surface area contributed by atoms with Gasteiger partial charge in [0.2, 0.25) is 11.1 Å². The molecule has 4 aromatic rings. The van der Waals surface area contributed by atoms with Crippen molar-refractivity contribution in [1.29, 1.82) is 0 Å². The first-order valence-corrected chi connectivity index (χ1v) is 10.2. The number of hydrogen-bond donors (Lipinski definition) is 2. The zero-order chi connectivity index (χ0) is 21.1. The van der Waals surface area contributed by atoms with Gasteiger partial charge in [0.1, 0.15) is 5.52 Å². The number of fused-ring (bicyclic) bond motifs is 3. The number of nitrogens with zero attached hydrogens (tertiary/aromatic N) is 3. The van der Waals surface area contributed by atoms with Gasteiger partial charge >= 0.3 is 5.97 Å². The number of thioether (sulfide) groups is 1. The van der Waals surface area contributed by atoms with Gasteiger partial charge in [-0.25, -0.2) is 9.78 Å². The van der Waals surface area contributed by atoms with Gasteiger partial charge in [0.25, 0.3) is 0 Å². The van der Waals surface area contributed by atoms with E-state index in [1.807, 2.05) is 31.2 Å². The predicted molar refractivity (Wildman–Crippen MR) is 116 cm³/mol. The fraction of sp³-hybridized carbons (Fsp3) is 0.190. The summed E-state index contributed by atoms with van der Waals surface area (Å²) in [5.74, 6) is -0.761. The average molecular weight is 421 g/mol. The average Bonchev–Trinajstić information content (AvgIpc) is 3.15. The lowest BCUT2D eigenvalue weighted by atomic mass is 10.1. The molecule has 0 aliphatic carbocycles. The highest BCUT2D eigenvalue weighted by Crippen LogP contribution is 2.27. The van der Waals surface area contributed by atoms with E-state index < -0.39 is 11.2 Å². The number of H-pyrrole nitrogens is 1. The molecule has 1 atom stereocenters. The lowest BCUT2D eigenvalue weighted by molar-refractivity contribution is -0.115. The predicted octanol–water partition coefficient (Wildman–Crippen LogP) is 3.80. The number of benzene rings is 2. The molecular formula is C21H19N5O3S. The maximum absolute atomic E-state index is 12.8. The largest absolute Gasteiger partial charge is 0.465 e. The third-order valence-corrected chi connectivity index (χ3v) is 5.82. The number of hydrogen-bond acceptors (Lipinski definition) is 7. The van der Waals surface area contributed by atoms with Crippen LogP contribution in [0.5, 0.6) is 0 Å². The van der Waals surface area contributed by atoms with Crippen LogP contribution in [0, 0.1) is 0 Å². The topological polar surface area (TPSA) is 110 Å². The van der Waals surface area contributed by atoms with Crippen molar-refractivity contribution in [3.8, 4) is 0 Å². The Morgan fingerprint density at radius 1 is 1.13 bits per heavy atom. The summed E-state index contributed by atoms with van der Waals surface area (Å²) in [6.07, 6.45) is 0.547. The maximum atomic E-state index is 12.8. The molecule has 4 rings (SSSR count). The first-order chi connectivity index (χ1) is 14.6. The molecule has 2 heterocycles. The zero-order valence-electron chi connectivity index (χ0n) is 16.4. The second-order valence-electron chi connectivity index (χ2n) is 6.50. The fourth-order valence-corrected chi connectivity index (χ4v) is 3.92. The van der Waals surface area contributed by atoms with Crippen molar-refractivity contribution in [3.05, 3.63) is 54.1 Å². The number of carbonyl (C=O) groups excluding carboxylic acids is 2. The molecule has 0 radical (unpaired) electrons. The summed E-state index contributed by atoms with van der Waals surface area (Å²) in [5, 5.41) is 12.2. The third-order valence-electron chi connectivity index (χ3n) is 4.60. The fourth-order valence-electron chi connectivity index (χ4n) is 3.10. The molecule has 2 aromatic carbocycles. The number of para-hydroxylation sites is 2. The SMILES string of the molecule is CCC(Sc1nnc2c(n1)[nH]c1ccccc12)C(=O)Nc1ccccc1C(=O)OC. The van der Waals surface area contributed by atoms with Crippen LogP contribution in [-0.2, 0) is 9.53 Å². The van der Waals surface area contributed by atoms with Crippen molar-refractivity contribution < 1.29 is 14.3 Å². The smallest absolute Gasteiger partial charge is 0.339 e. The van der Waals surface area contributed by atoms with E-state index in [1.165, 1.54) is 18.9 Å². The Kier molecular flexibility index (Phi) is 5.62. The number of carbonyl (C=O) groups is 2. The van der Waals surface area contributed by atoms with Gasteiger partial charge in [-0.3, -0.25) is 4.79 Å². The minimum atomic E-state index is -0.511. The highest BCUT2D eigenvalue weighted by Gasteiger charge is 2.22. The van der Waals surface area contributed by atoms with Crippen molar-refractivity contribution >= 4 is 51.4 Å². The molecule has 1 amide bonds. The Bertz CT molecular complexity index is 1240. The van der Waals surface area contributed by atoms with Crippen LogP contribution in [0.15, 0.2) is 53.7 Å². The number of esters is 1. The Balaban J connectivity index is 1.55. The molecule has 2 aromatic heterocycles. The molecule has 1 unspecified atom stereocenters. The van der Waals surface area contributed by atoms with Crippen LogP contribution in [0.4, 0.5) is 5.69 Å². The van der Waals surface area contributed by atoms with E-state index in [-0.39, 0.29) is 5.91 Å². The molecule has 2 N–H and O–H groups in total. The standard InChI is InChI=1S/C21H19N5O3S/c1-3-16(19(27)23-15-11-7-5-9-13(15)20(28)29-2)30-21-24-18-17(25-26-21)12-8-4-6-10-14(12)22-18/h4-11,16H,3H2,1-2H3,(H,23,27)(H,22,24,26). The number of aromatic amines is 1. The Labute approximate surface area is 176 Å². The normalized spacial score (nSPS) is 12.1. The molecule has 30 heavy (non-hydrogen) atoms. The van der Waals surface area contributed by atoms with Crippen molar-refractivity contribution in [2.75, 3.05) is 12.4 Å². The summed E-state index contributed by atoms with van der Waals surface area (Å²) in [4.78, 5) is 32.5. The number of methoxy groups -OCH3 is 1. The zero-order valence-corrected chi connectivity index (χ0v) is 17.2. The van der Waals surface area contributed by atoms with E-state index in [1.54, 1.807) is 24.3 Å². The molecule has 0 bridgehead atoms. The second kappa shape index (κ2) is 8.50. The van der Waals surface area contributed by atoms with Crippen LogP contribution in [0.3, 0.4) is 0 Å². The van der Waals surface area contributed by atoms with Gasteiger partial charge in [-0.15, -0.1) is 10.2 Å². The minimum absolute atomic E-state index is 0.251. The van der Waals surface area contributed by atoms with E-state index in [9.17, 15) is 9.59 Å². The van der Waals surface area contributed by atoms with Gasteiger partial charge in [0.05, 0.1) is 23.6 Å². The maximum Gasteiger partial charge on any atom is 0.339 e. The van der Waals surface area contributed by atoms with E-state index in [0.29, 0.717) is 34.0 Å². The number of anilines is 1. The molecule has 0 saturated carbocycles. The summed E-state index contributed by atoms with van der Waals surface area (Å²) < 4.78 is 4.78. The van der Waals surface area contributed by atoms with Crippen LogP contribution >= 0.6 is 11.8 Å². The summed E-state index contributed by atoms with van der Waals surface area (Å²) in [7, 11) is 1.30. The Morgan fingerprint density at radius 3 is 2.70 bits per heavy atom. The van der Waals surface area contributed by atoms with Gasteiger partial charge in [-0.1, -0.05) is 49.0 Å². The van der Waals surface area contributed by atoms with Crippen LogP contribution in [0.2, 0.25) is 0 Å². The highest BCUT2D eigenvalue weighted by molar-refractivity contribution is 8.00. The number of ether oxygens (including phenoxy) is 1. The highest BCUT2D eigenvalue weighted by atomic mass is 32.2. The van der Waals surface area contributed by atoms with Crippen molar-refractivity contribution in [3.63, 3.8) is 0 Å². The number of amides is 1. The molecule has 0 spiro atoms. The molecule has 8 nitrogen and oxygen atoms in total. The quantitative estimate of drug-likeness (QED) is 0.360. The number of aromatic nitrogens is 4. The van der Waals surface area contributed by atoms with Gasteiger partial charge in [0, 0.05) is 10.9 Å². The van der Waals surface area contributed by atoms with Gasteiger partial charge < -0.3 is 15.0 Å². The van der Waals surface area contributed by atoms with E-state index in [0.717, 1.165) is 10.9 Å². The van der Waals surface area contributed by atoms with Crippen molar-refractivity contribution in [2.45, 2.75) is 23.8 Å². The van der Waals surface area contributed by atoms with Crippen LogP contribution in [0.25, 0.3) is 22.1 Å². The molecule has 0 fully saturated rings. The summed E-state index contributed by atoms with van der Waals surface area (Å²) in [6, 6.07) is 14.5. The summed E-state index contributed by atoms with van der Waals surface area (Å²) >= 11 is 1.23. The van der Waals surface area contributed by atoms with E-state index >= 15 is 0 Å². The summed E-state index contributed by atoms with van der Waals surface area (Å²) in [6.45, 7) is 1.90. The monoisotopic (exact) mass is 421 g/mol. The van der Waals surface area contributed by atoms with Crippen LogP contribution < -0.4 is 5.32 Å². The van der Waals surface area contributed by atoms with Crippen molar-refractivity contribution in [1.82, 2.24) is 20.2 Å². The molecule has 9 heteroatoms. The first-order valence-electron chi connectivity index (χ1n) is 9.36. The molecule has 0 aliphatic rings. The number of rotatable bonds is 6. The lowest BCUT2D eigenvalue weighted by Crippen LogP contribution is -2.26. The lowest BCUT2D eigenvalue weighted by Gasteiger charge is -2.15. The third kappa shape index (κ3) is 3.84. The van der Waals surface area contributed by atoms with Crippen LogP contribution in [-0.4, -0.2) is 44.4 Å². The molecule has 0 saturated heterocycles. The Hall–Kier alpha value is -3.46.